The van der Waals surface area contributed by atoms with Crippen molar-refractivity contribution in [3.05, 3.63) is 21.9 Å². The van der Waals surface area contributed by atoms with E-state index >= 15 is 0 Å². The first-order chi connectivity index (χ1) is 9.63. The Kier molecular flexibility index (Phi) is 7.86. The molecule has 0 bridgehead atoms. The Morgan fingerprint density at radius 3 is 2.75 bits per heavy atom. The Hall–Kier alpha value is -1.44. The van der Waals surface area contributed by atoms with Gasteiger partial charge in [-0.3, -0.25) is 9.59 Å². The van der Waals surface area contributed by atoms with Gasteiger partial charge in [-0.1, -0.05) is 0 Å². The fraction of sp³-hybridized carbons (Fsp3) is 0.538. The molecule has 7 heteroatoms. The van der Waals surface area contributed by atoms with Crippen LogP contribution in [0, 0.1) is 6.92 Å². The fourth-order valence-electron chi connectivity index (χ4n) is 1.44. The van der Waals surface area contributed by atoms with Gasteiger partial charge in [-0.05, 0) is 25.5 Å². The second kappa shape index (κ2) is 9.46. The van der Waals surface area contributed by atoms with Crippen molar-refractivity contribution in [3.63, 3.8) is 0 Å². The van der Waals surface area contributed by atoms with E-state index in [9.17, 15) is 9.59 Å². The lowest BCUT2D eigenvalue weighted by Gasteiger charge is -2.06. The number of nitrogens with one attached hydrogen (secondary N) is 2. The Balaban J connectivity index is 2.09. The molecule has 0 radical (unpaired) electrons. The lowest BCUT2D eigenvalue weighted by Crippen LogP contribution is -2.37. The second-order valence-electron chi connectivity index (χ2n) is 4.13. The number of aliphatic hydroxyl groups excluding tert-OH is 1. The molecule has 1 rings (SSSR count). The van der Waals surface area contributed by atoms with Gasteiger partial charge in [-0.15, -0.1) is 11.3 Å². The summed E-state index contributed by atoms with van der Waals surface area (Å²) in [5, 5.41) is 13.7. The van der Waals surface area contributed by atoms with E-state index in [0.29, 0.717) is 31.1 Å². The van der Waals surface area contributed by atoms with E-state index in [0.717, 1.165) is 4.88 Å². The zero-order valence-electron chi connectivity index (χ0n) is 11.5. The van der Waals surface area contributed by atoms with Crippen molar-refractivity contribution in [2.75, 3.05) is 32.9 Å². The van der Waals surface area contributed by atoms with Gasteiger partial charge in [0.2, 0.25) is 5.91 Å². The van der Waals surface area contributed by atoms with Crippen LogP contribution in [-0.4, -0.2) is 49.8 Å². The molecule has 0 aliphatic heterocycles. The largest absolute Gasteiger partial charge is 0.394 e. The fourth-order valence-corrected chi connectivity index (χ4v) is 2.22. The van der Waals surface area contributed by atoms with Crippen LogP contribution < -0.4 is 10.6 Å². The maximum atomic E-state index is 11.7. The summed E-state index contributed by atoms with van der Waals surface area (Å²) < 4.78 is 5.05. The molecular formula is C13H20N2O4S. The zero-order valence-corrected chi connectivity index (χ0v) is 12.3. The quantitative estimate of drug-likeness (QED) is 0.573. The van der Waals surface area contributed by atoms with Gasteiger partial charge in [-0.25, -0.2) is 0 Å². The summed E-state index contributed by atoms with van der Waals surface area (Å²) in [5.41, 5.74) is 0. The predicted molar refractivity (Wildman–Crippen MR) is 76.9 cm³/mol. The van der Waals surface area contributed by atoms with Gasteiger partial charge in [0.25, 0.3) is 5.91 Å². The molecule has 3 N–H and O–H groups in total. The van der Waals surface area contributed by atoms with Gasteiger partial charge >= 0.3 is 0 Å². The molecule has 0 aliphatic carbocycles. The number of thiophene rings is 1. The zero-order chi connectivity index (χ0) is 14.8. The summed E-state index contributed by atoms with van der Waals surface area (Å²) in [4.78, 5) is 24.8. The van der Waals surface area contributed by atoms with Gasteiger partial charge < -0.3 is 20.5 Å². The average molecular weight is 300 g/mol. The third kappa shape index (κ3) is 6.65. The second-order valence-corrected chi connectivity index (χ2v) is 5.42. The molecule has 1 aromatic heterocycles. The first-order valence-corrected chi connectivity index (χ1v) is 7.25. The van der Waals surface area contributed by atoms with Crippen molar-refractivity contribution in [1.29, 1.82) is 0 Å². The number of aryl methyl sites for hydroxylation is 1. The molecule has 1 aromatic rings. The van der Waals surface area contributed by atoms with Crippen LogP contribution in [0.25, 0.3) is 0 Å². The molecule has 0 fully saturated rings. The molecule has 0 aliphatic rings. The van der Waals surface area contributed by atoms with Gasteiger partial charge in [0.05, 0.1) is 24.6 Å². The minimum Gasteiger partial charge on any atom is -0.394 e. The summed E-state index contributed by atoms with van der Waals surface area (Å²) in [5.74, 6) is -0.460. The summed E-state index contributed by atoms with van der Waals surface area (Å²) >= 11 is 1.40. The van der Waals surface area contributed by atoms with Crippen molar-refractivity contribution in [1.82, 2.24) is 10.6 Å². The standard InChI is InChI=1S/C13H20N2O4S/c1-10-3-4-11(20-10)13(18)15-9-12(17)14-5-2-7-19-8-6-16/h3-4,16H,2,5-9H2,1H3,(H,14,17)(H,15,18). The van der Waals surface area contributed by atoms with E-state index in [-0.39, 0.29) is 25.0 Å². The molecule has 112 valence electrons. The summed E-state index contributed by atoms with van der Waals surface area (Å²) in [6.45, 7) is 3.17. The highest BCUT2D eigenvalue weighted by molar-refractivity contribution is 7.13. The molecule has 20 heavy (non-hydrogen) atoms. The van der Waals surface area contributed by atoms with E-state index in [2.05, 4.69) is 10.6 Å². The van der Waals surface area contributed by atoms with Crippen molar-refractivity contribution < 1.29 is 19.4 Å². The van der Waals surface area contributed by atoms with Crippen LogP contribution in [0.15, 0.2) is 12.1 Å². The van der Waals surface area contributed by atoms with Crippen molar-refractivity contribution in [2.45, 2.75) is 13.3 Å². The average Bonchev–Trinajstić information content (AvgIpc) is 2.86. The molecule has 0 atom stereocenters. The predicted octanol–water partition coefficient (Wildman–Crippen LogP) is 0.302. The number of hydrogen-bond acceptors (Lipinski definition) is 5. The normalized spacial score (nSPS) is 10.3. The van der Waals surface area contributed by atoms with E-state index in [1.54, 1.807) is 6.07 Å². The Morgan fingerprint density at radius 2 is 2.10 bits per heavy atom. The van der Waals surface area contributed by atoms with Crippen LogP contribution in [0.4, 0.5) is 0 Å². The number of carbonyl (C=O) groups excluding carboxylic acids is 2. The topological polar surface area (TPSA) is 87.7 Å². The molecule has 0 spiro atoms. The van der Waals surface area contributed by atoms with E-state index in [1.165, 1.54) is 11.3 Å². The summed E-state index contributed by atoms with van der Waals surface area (Å²) in [7, 11) is 0. The van der Waals surface area contributed by atoms with E-state index in [4.69, 9.17) is 9.84 Å². The number of carbonyl (C=O) groups is 2. The highest BCUT2D eigenvalue weighted by Gasteiger charge is 2.09. The lowest BCUT2D eigenvalue weighted by molar-refractivity contribution is -0.120. The number of ether oxygens (including phenoxy) is 1. The number of hydrogen-bond donors (Lipinski definition) is 3. The van der Waals surface area contributed by atoms with Gasteiger partial charge in [0.1, 0.15) is 0 Å². The number of aliphatic hydroxyl groups is 1. The SMILES string of the molecule is Cc1ccc(C(=O)NCC(=O)NCCCOCCO)s1. The highest BCUT2D eigenvalue weighted by atomic mass is 32.1. The maximum Gasteiger partial charge on any atom is 0.261 e. The van der Waals surface area contributed by atoms with Crippen LogP contribution in [-0.2, 0) is 9.53 Å². The van der Waals surface area contributed by atoms with Crippen LogP contribution in [0.3, 0.4) is 0 Å². The first-order valence-electron chi connectivity index (χ1n) is 6.43. The monoisotopic (exact) mass is 300 g/mol. The van der Waals surface area contributed by atoms with Gasteiger partial charge in [-0.2, -0.15) is 0 Å². The van der Waals surface area contributed by atoms with Crippen molar-refractivity contribution >= 4 is 23.2 Å². The van der Waals surface area contributed by atoms with Crippen LogP contribution >= 0.6 is 11.3 Å². The first kappa shape index (κ1) is 16.6. The molecular weight excluding hydrogens is 280 g/mol. The lowest BCUT2D eigenvalue weighted by atomic mass is 10.4. The summed E-state index contributed by atoms with van der Waals surface area (Å²) in [6, 6.07) is 3.61. The Labute approximate surface area is 122 Å². The van der Waals surface area contributed by atoms with Crippen LogP contribution in [0.2, 0.25) is 0 Å². The third-order valence-electron chi connectivity index (χ3n) is 2.40. The van der Waals surface area contributed by atoms with E-state index < -0.39 is 0 Å². The van der Waals surface area contributed by atoms with Crippen LogP contribution in [0.5, 0.6) is 0 Å². The molecule has 2 amide bonds. The minimum absolute atomic E-state index is 0.000580. The number of amides is 2. The van der Waals surface area contributed by atoms with E-state index in [1.807, 2.05) is 13.0 Å². The smallest absolute Gasteiger partial charge is 0.261 e. The van der Waals surface area contributed by atoms with Gasteiger partial charge in [0.15, 0.2) is 0 Å². The molecule has 0 saturated heterocycles. The van der Waals surface area contributed by atoms with Crippen molar-refractivity contribution in [3.8, 4) is 0 Å². The molecule has 0 saturated carbocycles. The molecule has 0 aromatic carbocycles. The Bertz CT molecular complexity index is 434. The highest BCUT2D eigenvalue weighted by Crippen LogP contribution is 2.14. The molecule has 6 nitrogen and oxygen atoms in total. The Morgan fingerprint density at radius 1 is 1.30 bits per heavy atom. The summed E-state index contributed by atoms with van der Waals surface area (Å²) in [6.07, 6.45) is 0.670. The number of rotatable bonds is 9. The van der Waals surface area contributed by atoms with Crippen LogP contribution in [0.1, 0.15) is 21.0 Å². The van der Waals surface area contributed by atoms with Gasteiger partial charge in [0, 0.05) is 18.0 Å². The van der Waals surface area contributed by atoms with Crippen molar-refractivity contribution in [2.24, 2.45) is 0 Å². The molecule has 0 unspecified atom stereocenters. The third-order valence-corrected chi connectivity index (χ3v) is 3.40. The molecule has 1 heterocycles. The minimum atomic E-state index is -0.232. The maximum absolute atomic E-state index is 11.7.